The molecule has 0 spiro atoms. The van der Waals surface area contributed by atoms with Gasteiger partial charge in [0.1, 0.15) is 23.0 Å². The maximum absolute atomic E-state index is 13.6. The van der Waals surface area contributed by atoms with Crippen molar-refractivity contribution in [1.82, 2.24) is 31.3 Å². The van der Waals surface area contributed by atoms with E-state index < -0.39 is 43.7 Å². The average molecular weight is 1300 g/mol. The molecule has 0 saturated carbocycles. The van der Waals surface area contributed by atoms with Crippen molar-refractivity contribution in [2.24, 2.45) is 0 Å². The van der Waals surface area contributed by atoms with Crippen molar-refractivity contribution in [3.8, 4) is 0 Å². The van der Waals surface area contributed by atoms with Crippen molar-refractivity contribution in [2.75, 3.05) is 118 Å². The molecule has 88 heavy (non-hydrogen) atoms. The number of aryl methyl sites for hydroxylation is 2. The number of amides is 6. The summed E-state index contributed by atoms with van der Waals surface area (Å²) in [6, 6.07) is 18.7. The van der Waals surface area contributed by atoms with Crippen LogP contribution in [0.15, 0.2) is 82.6 Å². The quantitative estimate of drug-likeness (QED) is 0.00945. The molecule has 1 aliphatic heterocycles. The Kier molecular flexibility index (Phi) is 30.2. The third-order valence-corrected chi connectivity index (χ3v) is 22.7. The van der Waals surface area contributed by atoms with Gasteiger partial charge in [0.15, 0.2) is 11.5 Å². The maximum atomic E-state index is 13.6. The second kappa shape index (κ2) is 36.8. The number of unbranched alkanes of at least 4 members (excludes halogenated alkanes) is 4. The zero-order chi connectivity index (χ0) is 64.2. The van der Waals surface area contributed by atoms with Gasteiger partial charge in [-0.15, -0.1) is 0 Å². The van der Waals surface area contributed by atoms with Crippen molar-refractivity contribution >= 4 is 111 Å². The van der Waals surface area contributed by atoms with E-state index in [1.165, 1.54) is 36.4 Å². The standard InChI is InChI=1S/C62H92N12O10S4/c1-9-13-39-85(40-14-10-2)43-55(75)65-57-45(5)19-29-53(47(57)7)87(81,82)71-51-25-21-49(22-26-51)67-69-61(79)59(77)63-31-17-33-73-35-37-74(38-36-73)34-18-32-64-60(78)62(80)70-68-50-23-27-52(28-24-50)72-88(83,84)54-30-20-46(6)58(48(54)8)66-56(76)44-86(41-15-11-3)42-16-12-4/h19-30H,9-18,31-44H2,1-8H3,(H8-2,63,64,65,66,67,68,69,70,71,72,75,76,77,78,79,80)/p+2. The van der Waals surface area contributed by atoms with Crippen LogP contribution in [0.1, 0.15) is 114 Å². The lowest BCUT2D eigenvalue weighted by atomic mass is 10.1. The summed E-state index contributed by atoms with van der Waals surface area (Å²) in [5.41, 5.74) is 14.8. The molecule has 4 aromatic rings. The number of hydrogen-bond acceptors (Lipinski definition) is 14. The molecule has 0 radical (unpaired) electrons. The molecule has 6 amide bonds. The summed E-state index contributed by atoms with van der Waals surface area (Å²) in [4.78, 5) is 81.3. The molecule has 1 aliphatic rings. The van der Waals surface area contributed by atoms with Crippen LogP contribution in [0.25, 0.3) is 0 Å². The van der Waals surface area contributed by atoms with E-state index in [1.807, 2.05) is 13.8 Å². The van der Waals surface area contributed by atoms with Crippen LogP contribution >= 0.6 is 0 Å². The number of anilines is 6. The Morgan fingerprint density at radius 1 is 0.432 bits per heavy atom. The monoisotopic (exact) mass is 1290 g/mol. The highest BCUT2D eigenvalue weighted by Crippen LogP contribution is 2.31. The molecule has 1 fully saturated rings. The fourth-order valence-electron chi connectivity index (χ4n) is 9.67. The third-order valence-electron chi connectivity index (χ3n) is 14.8. The second-order valence-corrected chi connectivity index (χ2v) is 30.0. The van der Waals surface area contributed by atoms with E-state index in [2.05, 4.69) is 89.9 Å². The molecule has 26 heteroatoms. The second-order valence-electron chi connectivity index (χ2n) is 22.0. The van der Waals surface area contributed by atoms with Crippen LogP contribution in [0.4, 0.5) is 34.1 Å². The van der Waals surface area contributed by atoms with Crippen molar-refractivity contribution < 1.29 is 45.6 Å². The fourth-order valence-corrected chi connectivity index (χ4v) is 16.9. The number of carbonyl (C=O) groups excluding carboxylic acids is 6. The number of piperazine rings is 1. The van der Waals surface area contributed by atoms with E-state index in [0.29, 0.717) is 71.3 Å². The van der Waals surface area contributed by atoms with Crippen LogP contribution in [-0.4, -0.2) is 149 Å². The van der Waals surface area contributed by atoms with Crippen LogP contribution in [0.5, 0.6) is 0 Å². The van der Waals surface area contributed by atoms with E-state index in [1.54, 1.807) is 50.2 Å². The molecule has 0 atom stereocenters. The van der Waals surface area contributed by atoms with Gasteiger partial charge in [-0.05, 0) is 184 Å². The molecule has 10 N–H and O–H groups in total. The summed E-state index contributed by atoms with van der Waals surface area (Å²) in [5, 5.41) is 11.3. The van der Waals surface area contributed by atoms with E-state index in [0.717, 1.165) is 112 Å². The third kappa shape index (κ3) is 23.7. The first kappa shape index (κ1) is 72.2. The first-order chi connectivity index (χ1) is 42.1. The van der Waals surface area contributed by atoms with Crippen molar-refractivity contribution in [3.63, 3.8) is 0 Å². The lowest BCUT2D eigenvalue weighted by molar-refractivity contribution is -0.138. The zero-order valence-electron chi connectivity index (χ0n) is 52.5. The summed E-state index contributed by atoms with van der Waals surface area (Å²) in [6.07, 6.45) is 9.79. The van der Waals surface area contributed by atoms with E-state index >= 15 is 0 Å². The van der Waals surface area contributed by atoms with Crippen LogP contribution in [0.3, 0.4) is 0 Å². The first-order valence-electron chi connectivity index (χ1n) is 30.5. The van der Waals surface area contributed by atoms with Crippen LogP contribution in [0, 0.1) is 27.7 Å². The zero-order valence-corrected chi connectivity index (χ0v) is 55.8. The fraction of sp³-hybridized carbons (Fsp3) is 0.516. The Morgan fingerprint density at radius 2 is 0.750 bits per heavy atom. The van der Waals surface area contributed by atoms with Gasteiger partial charge < -0.3 is 31.1 Å². The van der Waals surface area contributed by atoms with Gasteiger partial charge in [-0.1, -0.05) is 65.5 Å². The highest BCUT2D eigenvalue weighted by Gasteiger charge is 2.28. The van der Waals surface area contributed by atoms with Gasteiger partial charge in [-0.3, -0.25) is 59.9 Å². The van der Waals surface area contributed by atoms with Gasteiger partial charge in [0.05, 0.1) is 21.2 Å². The molecule has 22 nitrogen and oxygen atoms in total. The maximum Gasteiger partial charge on any atom is 0.327 e. The average Bonchev–Trinajstić information content (AvgIpc) is 1.18. The number of carbonyl (C=O) groups is 6. The number of benzene rings is 4. The van der Waals surface area contributed by atoms with Crippen LogP contribution in [0.2, 0.25) is 0 Å². The van der Waals surface area contributed by atoms with Gasteiger partial charge in [-0.2, -0.15) is 0 Å². The number of sulfonamides is 2. The SMILES string of the molecule is CCCC[S+](CCCC)CC(=O)Nc1c(C)ccc(S(=O)(=O)Nc2ccc(NNC(=O)C(=O)NCCCN3CCN(CCCNC(=O)C(=O)NNc4ccc(NS(=O)(=O)c5ccc(C)c(NC(=O)C[S+](CCCC)CCCC)c5C)cc4)CC3)cc2)c1C. The lowest BCUT2D eigenvalue weighted by Gasteiger charge is -2.34. The Morgan fingerprint density at radius 3 is 1.07 bits per heavy atom. The van der Waals surface area contributed by atoms with E-state index in [4.69, 9.17) is 0 Å². The molecule has 0 unspecified atom stereocenters. The summed E-state index contributed by atoms with van der Waals surface area (Å²) in [6.45, 7) is 20.8. The van der Waals surface area contributed by atoms with Crippen LogP contribution < -0.4 is 52.4 Å². The highest BCUT2D eigenvalue weighted by molar-refractivity contribution is 7.97. The van der Waals surface area contributed by atoms with E-state index in [-0.39, 0.29) is 67.9 Å². The Balaban J connectivity index is 0.930. The topological polar surface area (TPSA) is 297 Å². The molecule has 1 saturated heterocycles. The molecule has 0 aliphatic carbocycles. The number of hydrazine groups is 2. The minimum absolute atomic E-state index is 0.0319. The van der Waals surface area contributed by atoms with Gasteiger partial charge in [0.25, 0.3) is 31.9 Å². The smallest absolute Gasteiger partial charge is 0.327 e. The van der Waals surface area contributed by atoms with Crippen molar-refractivity contribution in [3.05, 3.63) is 95.1 Å². The minimum Gasteiger partial charge on any atom is -0.348 e. The van der Waals surface area contributed by atoms with Gasteiger partial charge in [0.2, 0.25) is 0 Å². The van der Waals surface area contributed by atoms with Gasteiger partial charge >= 0.3 is 23.6 Å². The van der Waals surface area contributed by atoms with Gasteiger partial charge in [-0.25, -0.2) is 16.8 Å². The predicted octanol–water partition coefficient (Wildman–Crippen LogP) is 7.05. The molecule has 4 aromatic carbocycles. The highest BCUT2D eigenvalue weighted by atomic mass is 32.2. The summed E-state index contributed by atoms with van der Waals surface area (Å²) >= 11 is 0. The number of rotatable bonds is 36. The summed E-state index contributed by atoms with van der Waals surface area (Å²) < 4.78 is 59.6. The molecule has 5 rings (SSSR count). The van der Waals surface area contributed by atoms with Crippen molar-refractivity contribution in [2.45, 2.75) is 129 Å². The molecular formula is C62H94N12O10S4+2. The Hall–Kier alpha value is -6.58. The summed E-state index contributed by atoms with van der Waals surface area (Å²) in [7, 11) is -8.17. The normalized spacial score (nSPS) is 12.9. The first-order valence-corrected chi connectivity index (χ1v) is 37.0. The molecule has 1 heterocycles. The molecular weight excluding hydrogens is 1200 g/mol. The van der Waals surface area contributed by atoms with Crippen molar-refractivity contribution in [1.29, 1.82) is 0 Å². The Labute approximate surface area is 527 Å². The van der Waals surface area contributed by atoms with Crippen LogP contribution in [-0.2, 0) is 70.6 Å². The Bertz CT molecular complexity index is 2960. The van der Waals surface area contributed by atoms with E-state index in [9.17, 15) is 45.6 Å². The van der Waals surface area contributed by atoms with Gasteiger partial charge in [0, 0.05) is 62.0 Å². The minimum atomic E-state index is -4.05. The number of nitrogens with zero attached hydrogens (tertiary/aromatic N) is 2. The predicted molar refractivity (Wildman–Crippen MR) is 359 cm³/mol. The molecule has 0 aromatic heterocycles. The number of hydrogen-bond donors (Lipinski definition) is 10. The lowest BCUT2D eigenvalue weighted by Crippen LogP contribution is -2.48. The largest absolute Gasteiger partial charge is 0.348 e. The number of nitrogens with one attached hydrogen (secondary N) is 10. The molecule has 484 valence electrons. The molecule has 0 bridgehead atoms. The summed E-state index contributed by atoms with van der Waals surface area (Å²) in [5.74, 6) is 1.21.